The fourth-order valence-electron chi connectivity index (χ4n) is 7.56. The van der Waals surface area contributed by atoms with Crippen molar-refractivity contribution in [1.82, 2.24) is 0 Å². The molecule has 0 aromatic heterocycles. The average molecular weight is 832 g/mol. The van der Waals surface area contributed by atoms with Gasteiger partial charge in [-0.2, -0.15) is 42.0 Å². The van der Waals surface area contributed by atoms with Gasteiger partial charge < -0.3 is 0 Å². The molecule has 48 heavy (non-hydrogen) atoms. The van der Waals surface area contributed by atoms with E-state index in [0.29, 0.717) is 0 Å². The minimum absolute atomic E-state index is 1.05. The molecule has 5 aromatic carbocycles. The van der Waals surface area contributed by atoms with Crippen LogP contribution >= 0.6 is 0 Å². The van der Waals surface area contributed by atoms with Gasteiger partial charge in [-0.1, -0.05) is 36.2 Å². The molecule has 5 aromatic rings. The largest absolute Gasteiger partial charge is 0.214 e. The van der Waals surface area contributed by atoms with Crippen LogP contribution in [0.5, 0.6) is 0 Å². The Morgan fingerprint density at radius 3 is 1.50 bits per heavy atom. The van der Waals surface area contributed by atoms with E-state index < -0.39 is 16.1 Å². The number of hydrogen-bond donors (Lipinski definition) is 0. The standard InChI is InChI=1S/C25H38Si2.C15H13.C5H5.Hf/c1-7-26(8-2,9-3)24-17-13-22(14-18-24)21-23-15-19-25(20-16-23)27(10-4,11-5)12-6;1-10-3-5-14-12(7-10)9-13-8-11(2)4-6-15(13)14;1-2-4-5-3-1;/h13-20H,7-12H2,1-6H3;3-7H,9H2,1-2H3;1-5H;/q;2*-1;+2. The SMILES string of the molecule is CC[Si](CC)(CC)c1ccc([C](=[Hf+2])c2ccc([Si](CC)(CC)CC)cc2)cc1.Cc1[c-]c2c(cc1)-c1ccc(C)cc1C2.c1cc[cH-]c1. The van der Waals surface area contributed by atoms with Gasteiger partial charge in [-0.3, -0.25) is 0 Å². The number of benzene rings is 4. The first kappa shape index (κ1) is 38.2. The third-order valence-corrected chi connectivity index (χ3v) is 24.6. The Morgan fingerprint density at radius 2 is 1.08 bits per heavy atom. The van der Waals surface area contributed by atoms with Gasteiger partial charge in [0.25, 0.3) is 0 Å². The third kappa shape index (κ3) is 8.76. The van der Waals surface area contributed by atoms with Crippen LogP contribution in [0.4, 0.5) is 0 Å². The predicted octanol–water partition coefficient (Wildman–Crippen LogP) is 11.3. The molecule has 0 saturated carbocycles. The fourth-order valence-corrected chi connectivity index (χ4v) is 16.0. The van der Waals surface area contributed by atoms with Gasteiger partial charge in [0.15, 0.2) is 0 Å². The van der Waals surface area contributed by atoms with Gasteiger partial charge in [0.1, 0.15) is 0 Å². The molecular weight excluding hydrogens is 775 g/mol. The molecule has 0 nitrogen and oxygen atoms in total. The van der Waals surface area contributed by atoms with Crippen molar-refractivity contribution >= 4 is 29.8 Å². The molecule has 0 saturated heterocycles. The van der Waals surface area contributed by atoms with Gasteiger partial charge in [0.05, 0.1) is 0 Å². The van der Waals surface area contributed by atoms with Crippen molar-refractivity contribution in [2.24, 2.45) is 0 Å². The maximum atomic E-state index is 3.45. The van der Waals surface area contributed by atoms with E-state index in [1.165, 1.54) is 84.0 Å². The maximum absolute atomic E-state index is 3.45. The Labute approximate surface area is 309 Å². The van der Waals surface area contributed by atoms with Crippen LogP contribution in [0, 0.1) is 19.9 Å². The Bertz CT molecular complexity index is 1570. The summed E-state index contributed by atoms with van der Waals surface area (Å²) in [5, 5.41) is 3.30. The minimum atomic E-state index is -1.27. The molecule has 0 unspecified atom stereocenters. The summed E-state index contributed by atoms with van der Waals surface area (Å²) in [4.78, 5) is 0. The molecule has 248 valence electrons. The summed E-state index contributed by atoms with van der Waals surface area (Å²) in [7, 11) is -2.53. The van der Waals surface area contributed by atoms with Gasteiger partial charge in [-0.15, -0.1) is 11.1 Å². The molecule has 0 radical (unpaired) electrons. The van der Waals surface area contributed by atoms with Crippen LogP contribution in [-0.4, -0.2) is 19.4 Å². The topological polar surface area (TPSA) is 0 Å². The van der Waals surface area contributed by atoms with Crippen molar-refractivity contribution in [3.63, 3.8) is 0 Å². The summed E-state index contributed by atoms with van der Waals surface area (Å²) < 4.78 is 1.53. The number of rotatable bonds is 10. The zero-order chi connectivity index (χ0) is 34.7. The van der Waals surface area contributed by atoms with E-state index in [-0.39, 0.29) is 0 Å². The van der Waals surface area contributed by atoms with E-state index in [4.69, 9.17) is 0 Å². The first-order chi connectivity index (χ1) is 23.2. The molecular formula is C45H56HfSi2. The van der Waals surface area contributed by atoms with Gasteiger partial charge >= 0.3 is 191 Å². The first-order valence-corrected chi connectivity index (χ1v) is 25.3. The molecule has 6 rings (SSSR count). The molecule has 0 bridgehead atoms. The quantitative estimate of drug-likeness (QED) is 0.0953. The van der Waals surface area contributed by atoms with Gasteiger partial charge in [0, 0.05) is 0 Å². The summed E-state index contributed by atoms with van der Waals surface area (Å²) in [5.41, 5.74) is 11.0. The molecule has 0 fully saturated rings. The Balaban J connectivity index is 0.000000212. The molecule has 0 heterocycles. The van der Waals surface area contributed by atoms with Crippen molar-refractivity contribution < 1.29 is 23.9 Å². The van der Waals surface area contributed by atoms with Crippen LogP contribution in [0.15, 0.2) is 109 Å². The van der Waals surface area contributed by atoms with Gasteiger partial charge in [-0.05, 0) is 18.9 Å². The van der Waals surface area contributed by atoms with Crippen LogP contribution in [0.2, 0.25) is 36.3 Å². The summed E-state index contributed by atoms with van der Waals surface area (Å²) in [5.74, 6) is 0. The number of hydrogen-bond acceptors (Lipinski definition) is 0. The normalized spacial score (nSPS) is 11.9. The summed E-state index contributed by atoms with van der Waals surface area (Å²) in [6.07, 6.45) is 1.05. The van der Waals surface area contributed by atoms with E-state index in [1.54, 1.807) is 10.4 Å². The molecule has 1 aliphatic rings. The number of fused-ring (bicyclic) bond motifs is 3. The smallest absolute Gasteiger partial charge is 0.0253 e. The molecule has 0 aliphatic heterocycles. The van der Waals surface area contributed by atoms with E-state index in [1.807, 2.05) is 30.3 Å². The van der Waals surface area contributed by atoms with Crippen molar-refractivity contribution in [1.29, 1.82) is 0 Å². The van der Waals surface area contributed by atoms with E-state index in [9.17, 15) is 0 Å². The van der Waals surface area contributed by atoms with E-state index in [0.717, 1.165) is 30.3 Å². The molecule has 1 aliphatic carbocycles. The Hall–Kier alpha value is -2.60. The molecule has 0 spiro atoms. The summed E-state index contributed by atoms with van der Waals surface area (Å²) >= 11 is 1.08. The second-order valence-corrected chi connectivity index (χ2v) is 25.9. The van der Waals surface area contributed by atoms with Crippen molar-refractivity contribution in [2.75, 3.05) is 0 Å². The molecule has 3 heteroatoms. The van der Waals surface area contributed by atoms with E-state index in [2.05, 4.69) is 140 Å². The molecule has 0 amide bonds. The summed E-state index contributed by atoms with van der Waals surface area (Å²) in [6.45, 7) is 18.6. The predicted molar refractivity (Wildman–Crippen MR) is 215 cm³/mol. The molecule has 0 N–H and O–H groups in total. The van der Waals surface area contributed by atoms with Crippen LogP contribution in [-0.2, 0) is 30.3 Å². The Kier molecular flexibility index (Phi) is 14.2. The zero-order valence-corrected chi connectivity index (χ0v) is 36.4. The van der Waals surface area contributed by atoms with E-state index >= 15 is 0 Å². The monoisotopic (exact) mass is 832 g/mol. The maximum Gasteiger partial charge on any atom is -0.0253 e. The van der Waals surface area contributed by atoms with Crippen LogP contribution in [0.3, 0.4) is 0 Å². The van der Waals surface area contributed by atoms with Crippen LogP contribution in [0.25, 0.3) is 11.1 Å². The van der Waals surface area contributed by atoms with Crippen LogP contribution < -0.4 is 10.4 Å². The summed E-state index contributed by atoms with van der Waals surface area (Å²) in [6, 6.07) is 52.1. The third-order valence-electron chi connectivity index (χ3n) is 11.3. The van der Waals surface area contributed by atoms with Gasteiger partial charge in [0.2, 0.25) is 0 Å². The van der Waals surface area contributed by atoms with Crippen molar-refractivity contribution in [3.8, 4) is 11.1 Å². The van der Waals surface area contributed by atoms with Gasteiger partial charge in [-0.25, -0.2) is 12.1 Å². The zero-order valence-electron chi connectivity index (χ0n) is 30.8. The fraction of sp³-hybridized carbons (Fsp3) is 0.333. The van der Waals surface area contributed by atoms with Crippen molar-refractivity contribution in [2.45, 2.75) is 98.1 Å². The Morgan fingerprint density at radius 1 is 0.625 bits per heavy atom. The average Bonchev–Trinajstić information content (AvgIpc) is 3.83. The molecule has 0 atom stereocenters. The minimum Gasteiger partial charge on any atom is -0.214 e. The second-order valence-electron chi connectivity index (χ2n) is 13.5. The first-order valence-electron chi connectivity index (χ1n) is 18.3. The van der Waals surface area contributed by atoms with Crippen LogP contribution in [0.1, 0.15) is 74.9 Å². The number of aryl methyl sites for hydroxylation is 2. The van der Waals surface area contributed by atoms with Crippen molar-refractivity contribution in [3.05, 3.63) is 149 Å². The second kappa shape index (κ2) is 17.9.